The van der Waals surface area contributed by atoms with E-state index in [0.717, 1.165) is 5.56 Å². The van der Waals surface area contributed by atoms with Gasteiger partial charge in [-0.15, -0.1) is 0 Å². The molecule has 33 heavy (non-hydrogen) atoms. The molecular weight excluding hydrogens is 452 g/mol. The molecule has 1 aliphatic heterocycles. The third-order valence-electron chi connectivity index (χ3n) is 5.26. The SMILES string of the molecule is NC(Cc1ccccc1)C(=O)N1CCCC1C(=O)NC(CS)C(=O)NC(CC(=O)O)C(=O)O. The van der Waals surface area contributed by atoms with Crippen molar-refractivity contribution in [3.63, 3.8) is 0 Å². The van der Waals surface area contributed by atoms with Crippen LogP contribution in [0.3, 0.4) is 0 Å². The van der Waals surface area contributed by atoms with Gasteiger partial charge < -0.3 is 31.5 Å². The first kappa shape index (κ1) is 26.1. The van der Waals surface area contributed by atoms with Gasteiger partial charge in [-0.05, 0) is 24.8 Å². The van der Waals surface area contributed by atoms with Crippen LogP contribution in [0.15, 0.2) is 30.3 Å². The maximum Gasteiger partial charge on any atom is 0.326 e. The van der Waals surface area contributed by atoms with Crippen molar-refractivity contribution in [3.05, 3.63) is 35.9 Å². The van der Waals surface area contributed by atoms with Gasteiger partial charge in [0, 0.05) is 12.3 Å². The molecule has 0 saturated carbocycles. The highest BCUT2D eigenvalue weighted by Gasteiger charge is 2.37. The number of likely N-dealkylation sites (tertiary alicyclic amines) is 1. The van der Waals surface area contributed by atoms with E-state index in [1.807, 2.05) is 30.3 Å². The standard InChI is InChI=1S/C21H28N4O7S/c22-13(9-12-5-2-1-3-6-12)20(30)25-8-4-7-16(25)19(29)24-15(11-33)18(28)23-14(21(31)32)10-17(26)27/h1-3,5-6,13-16,33H,4,7-11,22H2,(H,23,28)(H,24,29)(H,26,27)(H,31,32). The Labute approximate surface area is 196 Å². The summed E-state index contributed by atoms with van der Waals surface area (Å²) in [6.45, 7) is 0.344. The average Bonchev–Trinajstić information content (AvgIpc) is 3.26. The van der Waals surface area contributed by atoms with Crippen LogP contribution in [-0.4, -0.2) is 81.2 Å². The summed E-state index contributed by atoms with van der Waals surface area (Å²) in [7, 11) is 0. The van der Waals surface area contributed by atoms with Gasteiger partial charge in [0.15, 0.2) is 0 Å². The largest absolute Gasteiger partial charge is 0.481 e. The van der Waals surface area contributed by atoms with Crippen molar-refractivity contribution >= 4 is 42.3 Å². The fourth-order valence-electron chi connectivity index (χ4n) is 3.58. The van der Waals surface area contributed by atoms with Gasteiger partial charge in [-0.3, -0.25) is 19.2 Å². The van der Waals surface area contributed by atoms with Crippen LogP contribution >= 0.6 is 12.6 Å². The molecule has 0 radical (unpaired) electrons. The smallest absolute Gasteiger partial charge is 0.326 e. The van der Waals surface area contributed by atoms with Crippen molar-refractivity contribution in [2.24, 2.45) is 5.73 Å². The second-order valence-electron chi connectivity index (χ2n) is 7.73. The molecule has 0 aromatic heterocycles. The van der Waals surface area contributed by atoms with E-state index in [1.54, 1.807) is 0 Å². The molecule has 1 aliphatic rings. The second-order valence-corrected chi connectivity index (χ2v) is 8.09. The lowest BCUT2D eigenvalue weighted by Gasteiger charge is -2.28. The van der Waals surface area contributed by atoms with Gasteiger partial charge in [0.25, 0.3) is 0 Å². The topological polar surface area (TPSA) is 179 Å². The number of nitrogens with zero attached hydrogens (tertiary/aromatic N) is 1. The van der Waals surface area contributed by atoms with E-state index in [-0.39, 0.29) is 11.7 Å². The number of rotatable bonds is 11. The van der Waals surface area contributed by atoms with Crippen molar-refractivity contribution in [2.75, 3.05) is 12.3 Å². The Kier molecular flexibility index (Phi) is 9.67. The third-order valence-corrected chi connectivity index (χ3v) is 5.63. The van der Waals surface area contributed by atoms with Crippen molar-refractivity contribution < 1.29 is 34.2 Å². The number of nitrogens with two attached hydrogens (primary N) is 1. The van der Waals surface area contributed by atoms with Crippen LogP contribution in [-0.2, 0) is 30.4 Å². The summed E-state index contributed by atoms with van der Waals surface area (Å²) in [5.74, 6) is -4.94. The number of carbonyl (C=O) groups excluding carboxylic acids is 3. The predicted molar refractivity (Wildman–Crippen MR) is 120 cm³/mol. The van der Waals surface area contributed by atoms with Crippen molar-refractivity contribution in [2.45, 2.75) is 49.9 Å². The molecule has 0 bridgehead atoms. The number of hydrogen-bond donors (Lipinski definition) is 6. The minimum absolute atomic E-state index is 0.162. The van der Waals surface area contributed by atoms with Gasteiger partial charge in [-0.1, -0.05) is 30.3 Å². The van der Waals surface area contributed by atoms with Gasteiger partial charge >= 0.3 is 11.9 Å². The molecule has 11 nitrogen and oxygen atoms in total. The first-order chi connectivity index (χ1) is 15.6. The number of carboxylic acid groups (broad SMARTS) is 2. The van der Waals surface area contributed by atoms with Gasteiger partial charge in [-0.25, -0.2) is 4.79 Å². The molecule has 3 amide bonds. The highest BCUT2D eigenvalue weighted by molar-refractivity contribution is 7.80. The summed E-state index contributed by atoms with van der Waals surface area (Å²) in [6.07, 6.45) is 0.456. The van der Waals surface area contributed by atoms with Crippen LogP contribution < -0.4 is 16.4 Å². The molecule has 12 heteroatoms. The number of nitrogens with one attached hydrogen (secondary N) is 2. The van der Waals surface area contributed by atoms with Gasteiger partial charge in [-0.2, -0.15) is 12.6 Å². The van der Waals surface area contributed by atoms with Crippen LogP contribution in [0.25, 0.3) is 0 Å². The first-order valence-electron chi connectivity index (χ1n) is 10.4. The molecule has 1 aromatic carbocycles. The fraction of sp³-hybridized carbons (Fsp3) is 0.476. The highest BCUT2D eigenvalue weighted by Crippen LogP contribution is 2.19. The molecule has 180 valence electrons. The lowest BCUT2D eigenvalue weighted by atomic mass is 10.0. The maximum absolute atomic E-state index is 12.9. The maximum atomic E-state index is 12.9. The summed E-state index contributed by atoms with van der Waals surface area (Å²) in [6, 6.07) is 4.70. The van der Waals surface area contributed by atoms with E-state index >= 15 is 0 Å². The molecule has 1 fully saturated rings. The minimum atomic E-state index is -1.66. The number of carboxylic acids is 2. The molecule has 4 atom stereocenters. The molecule has 4 unspecified atom stereocenters. The molecule has 6 N–H and O–H groups in total. The predicted octanol–water partition coefficient (Wildman–Crippen LogP) is -0.994. The molecule has 1 saturated heterocycles. The van der Waals surface area contributed by atoms with E-state index in [4.69, 9.17) is 15.9 Å². The lowest BCUT2D eigenvalue weighted by molar-refractivity contribution is -0.147. The summed E-state index contributed by atoms with van der Waals surface area (Å²) in [4.78, 5) is 61.5. The summed E-state index contributed by atoms with van der Waals surface area (Å²) >= 11 is 4.03. The van der Waals surface area contributed by atoms with E-state index in [2.05, 4.69) is 23.3 Å². The summed E-state index contributed by atoms with van der Waals surface area (Å²) < 4.78 is 0. The molecular formula is C21H28N4O7S. The van der Waals surface area contributed by atoms with Crippen molar-refractivity contribution in [1.29, 1.82) is 0 Å². The molecule has 2 rings (SSSR count). The van der Waals surface area contributed by atoms with E-state index in [1.165, 1.54) is 4.90 Å². The summed E-state index contributed by atoms with van der Waals surface area (Å²) in [5, 5.41) is 22.5. The zero-order valence-electron chi connectivity index (χ0n) is 17.8. The number of aliphatic carboxylic acids is 2. The Bertz CT molecular complexity index is 883. The Morgan fingerprint density at radius 3 is 2.33 bits per heavy atom. The Hall–Kier alpha value is -3.12. The van der Waals surface area contributed by atoms with Gasteiger partial charge in [0.05, 0.1) is 12.5 Å². The quantitative estimate of drug-likeness (QED) is 0.218. The van der Waals surface area contributed by atoms with Crippen LogP contribution in [0.5, 0.6) is 0 Å². The van der Waals surface area contributed by atoms with Crippen LogP contribution in [0.2, 0.25) is 0 Å². The molecule has 1 heterocycles. The lowest BCUT2D eigenvalue weighted by Crippen LogP contribution is -2.57. The van der Waals surface area contributed by atoms with E-state index < -0.39 is 54.3 Å². The number of thiol groups is 1. The fourth-order valence-corrected chi connectivity index (χ4v) is 3.84. The van der Waals surface area contributed by atoms with E-state index in [9.17, 15) is 24.0 Å². The monoisotopic (exact) mass is 480 g/mol. The molecule has 0 aliphatic carbocycles. The van der Waals surface area contributed by atoms with Crippen molar-refractivity contribution in [1.82, 2.24) is 15.5 Å². The first-order valence-corrected chi connectivity index (χ1v) is 11.0. The van der Waals surface area contributed by atoms with Gasteiger partial charge in [0.1, 0.15) is 18.1 Å². The van der Waals surface area contributed by atoms with Gasteiger partial charge in [0.2, 0.25) is 17.7 Å². The van der Waals surface area contributed by atoms with E-state index in [0.29, 0.717) is 25.8 Å². The Morgan fingerprint density at radius 2 is 1.76 bits per heavy atom. The number of carbonyl (C=O) groups is 5. The number of benzene rings is 1. The average molecular weight is 481 g/mol. The minimum Gasteiger partial charge on any atom is -0.481 e. The van der Waals surface area contributed by atoms with Crippen LogP contribution in [0.1, 0.15) is 24.8 Å². The number of amides is 3. The zero-order valence-corrected chi connectivity index (χ0v) is 18.7. The summed E-state index contributed by atoms with van der Waals surface area (Å²) in [5.41, 5.74) is 6.98. The normalized spacial score (nSPS) is 18.1. The highest BCUT2D eigenvalue weighted by atomic mass is 32.1. The Balaban J connectivity index is 2.01. The number of hydrogen-bond acceptors (Lipinski definition) is 7. The van der Waals surface area contributed by atoms with Crippen molar-refractivity contribution in [3.8, 4) is 0 Å². The second kappa shape index (κ2) is 12.2. The third kappa shape index (κ3) is 7.46. The zero-order chi connectivity index (χ0) is 24.5. The molecule has 0 spiro atoms. The van der Waals surface area contributed by atoms with Crippen LogP contribution in [0.4, 0.5) is 0 Å². The Morgan fingerprint density at radius 1 is 1.09 bits per heavy atom. The molecule has 1 aromatic rings. The van der Waals surface area contributed by atoms with Crippen LogP contribution in [0, 0.1) is 0 Å².